The Balaban J connectivity index is 2.08. The molecule has 16 heavy (non-hydrogen) atoms. The molecule has 1 atom stereocenters. The van der Waals surface area contributed by atoms with Gasteiger partial charge in [-0.05, 0) is 41.9 Å². The second-order valence-corrected chi connectivity index (χ2v) is 4.81. The molecule has 3 rings (SSSR count). The normalized spacial score (nSPS) is 21.4. The Kier molecular flexibility index (Phi) is 2.76. The zero-order valence-electron chi connectivity index (χ0n) is 8.64. The van der Waals surface area contributed by atoms with Crippen LogP contribution in [0.15, 0.2) is 12.4 Å². The molecule has 5 nitrogen and oxygen atoms in total. The van der Waals surface area contributed by atoms with Crippen LogP contribution in [0.2, 0.25) is 0 Å². The molecule has 2 aromatic rings. The largest absolute Gasteiger partial charge is 0.356 e. The fraction of sp³-hybridized carbons (Fsp3) is 0.500. The summed E-state index contributed by atoms with van der Waals surface area (Å²) in [6, 6.07) is 0. The lowest BCUT2D eigenvalue weighted by molar-refractivity contribution is -0.0372. The maximum atomic E-state index is 5.71. The van der Waals surface area contributed by atoms with Crippen molar-refractivity contribution in [2.24, 2.45) is 0 Å². The predicted octanol–water partition coefficient (Wildman–Crippen LogP) is 2.13. The van der Waals surface area contributed by atoms with Gasteiger partial charge in [-0.15, -0.1) is 0 Å². The Morgan fingerprint density at radius 3 is 3.00 bits per heavy atom. The van der Waals surface area contributed by atoms with E-state index >= 15 is 0 Å². The van der Waals surface area contributed by atoms with Crippen molar-refractivity contribution in [3.8, 4) is 0 Å². The number of hydrogen-bond acceptors (Lipinski definition) is 4. The molecule has 1 fully saturated rings. The lowest BCUT2D eigenvalue weighted by Gasteiger charge is -2.22. The molecule has 2 aromatic heterocycles. The third kappa shape index (κ3) is 1.69. The highest BCUT2D eigenvalue weighted by Crippen LogP contribution is 2.26. The lowest BCUT2D eigenvalue weighted by atomic mass is 10.2. The van der Waals surface area contributed by atoms with Gasteiger partial charge in [0.15, 0.2) is 15.6 Å². The minimum Gasteiger partial charge on any atom is -0.356 e. The van der Waals surface area contributed by atoms with E-state index < -0.39 is 0 Å². The monoisotopic (exact) mass is 330 g/mol. The lowest BCUT2D eigenvalue weighted by Crippen LogP contribution is -2.19. The molecule has 0 amide bonds. The van der Waals surface area contributed by atoms with Gasteiger partial charge in [-0.1, -0.05) is 0 Å². The van der Waals surface area contributed by atoms with E-state index in [1.807, 2.05) is 4.68 Å². The van der Waals surface area contributed by atoms with Crippen LogP contribution >= 0.6 is 22.6 Å². The van der Waals surface area contributed by atoms with Crippen molar-refractivity contribution >= 4 is 33.8 Å². The molecule has 0 N–H and O–H groups in total. The highest BCUT2D eigenvalue weighted by molar-refractivity contribution is 14.1. The number of aromatic nitrogens is 4. The van der Waals surface area contributed by atoms with Gasteiger partial charge < -0.3 is 4.74 Å². The Hall–Kier alpha value is -0.760. The SMILES string of the molecule is Ic1nn(C2CCCCO2)c2nccnc12. The summed E-state index contributed by atoms with van der Waals surface area (Å²) in [5.41, 5.74) is 1.68. The van der Waals surface area contributed by atoms with Crippen molar-refractivity contribution in [2.45, 2.75) is 25.5 Å². The molecule has 0 saturated carbocycles. The molecule has 0 spiro atoms. The van der Waals surface area contributed by atoms with Gasteiger partial charge in [0.05, 0.1) is 0 Å². The molecule has 1 saturated heterocycles. The minimum absolute atomic E-state index is 0.0245. The van der Waals surface area contributed by atoms with Gasteiger partial charge >= 0.3 is 0 Å². The van der Waals surface area contributed by atoms with Crippen LogP contribution in [0.4, 0.5) is 0 Å². The maximum absolute atomic E-state index is 5.71. The summed E-state index contributed by atoms with van der Waals surface area (Å²) < 4.78 is 8.46. The first-order valence-corrected chi connectivity index (χ1v) is 6.40. The summed E-state index contributed by atoms with van der Waals surface area (Å²) in [5.74, 6) is 0. The van der Waals surface area contributed by atoms with E-state index in [9.17, 15) is 0 Å². The van der Waals surface area contributed by atoms with Crippen molar-refractivity contribution in [3.63, 3.8) is 0 Å². The topological polar surface area (TPSA) is 52.8 Å². The molecule has 3 heterocycles. The van der Waals surface area contributed by atoms with Gasteiger partial charge in [-0.2, -0.15) is 5.10 Å². The van der Waals surface area contributed by atoms with Crippen LogP contribution in [0.25, 0.3) is 11.2 Å². The smallest absolute Gasteiger partial charge is 0.180 e. The number of fused-ring (bicyclic) bond motifs is 1. The molecule has 1 unspecified atom stereocenters. The van der Waals surface area contributed by atoms with E-state index in [-0.39, 0.29) is 6.23 Å². The second kappa shape index (κ2) is 4.25. The first-order chi connectivity index (χ1) is 7.86. The first-order valence-electron chi connectivity index (χ1n) is 5.32. The summed E-state index contributed by atoms with van der Waals surface area (Å²) in [5, 5.41) is 4.47. The number of hydrogen-bond donors (Lipinski definition) is 0. The fourth-order valence-electron chi connectivity index (χ4n) is 1.95. The van der Waals surface area contributed by atoms with Gasteiger partial charge in [0, 0.05) is 19.0 Å². The average Bonchev–Trinajstić information content (AvgIpc) is 2.69. The zero-order chi connectivity index (χ0) is 11.0. The Bertz CT molecular complexity index is 506. The maximum Gasteiger partial charge on any atom is 0.180 e. The summed E-state index contributed by atoms with van der Waals surface area (Å²) in [6.07, 6.45) is 6.74. The Morgan fingerprint density at radius 2 is 2.19 bits per heavy atom. The molecular weight excluding hydrogens is 319 g/mol. The molecule has 1 aliphatic rings. The van der Waals surface area contributed by atoms with E-state index in [0.717, 1.165) is 34.3 Å². The molecule has 6 heteroatoms. The molecule has 0 aliphatic carbocycles. The van der Waals surface area contributed by atoms with Gasteiger partial charge in [0.25, 0.3) is 0 Å². The van der Waals surface area contributed by atoms with Crippen LogP contribution in [-0.4, -0.2) is 26.4 Å². The third-order valence-electron chi connectivity index (χ3n) is 2.72. The summed E-state index contributed by atoms with van der Waals surface area (Å²) in [4.78, 5) is 8.62. The van der Waals surface area contributed by atoms with Crippen LogP contribution in [0, 0.1) is 3.70 Å². The highest BCUT2D eigenvalue weighted by Gasteiger charge is 2.21. The molecule has 84 valence electrons. The van der Waals surface area contributed by atoms with Crippen molar-refractivity contribution in [2.75, 3.05) is 6.61 Å². The van der Waals surface area contributed by atoms with Gasteiger partial charge in [-0.25, -0.2) is 14.6 Å². The number of nitrogens with zero attached hydrogens (tertiary/aromatic N) is 4. The number of rotatable bonds is 1. The van der Waals surface area contributed by atoms with Crippen LogP contribution < -0.4 is 0 Å². The van der Waals surface area contributed by atoms with E-state index in [1.54, 1.807) is 12.4 Å². The van der Waals surface area contributed by atoms with Gasteiger partial charge in [-0.3, -0.25) is 0 Å². The molecule has 0 aromatic carbocycles. The third-order valence-corrected chi connectivity index (χ3v) is 3.44. The quantitative estimate of drug-likeness (QED) is 0.752. The average molecular weight is 330 g/mol. The van der Waals surface area contributed by atoms with Crippen molar-refractivity contribution in [1.82, 2.24) is 19.7 Å². The summed E-state index contributed by atoms with van der Waals surface area (Å²) >= 11 is 2.19. The summed E-state index contributed by atoms with van der Waals surface area (Å²) in [7, 11) is 0. The van der Waals surface area contributed by atoms with Crippen LogP contribution in [0.5, 0.6) is 0 Å². The van der Waals surface area contributed by atoms with E-state index in [2.05, 4.69) is 37.7 Å². The highest BCUT2D eigenvalue weighted by atomic mass is 127. The standard InChI is InChI=1S/C10H11IN4O/c11-9-8-10(13-5-4-12-8)15(14-9)7-3-1-2-6-16-7/h4-5,7H,1-3,6H2. The Labute approximate surface area is 106 Å². The van der Waals surface area contributed by atoms with Crippen molar-refractivity contribution in [1.29, 1.82) is 0 Å². The van der Waals surface area contributed by atoms with E-state index in [1.165, 1.54) is 6.42 Å². The van der Waals surface area contributed by atoms with E-state index in [0.29, 0.717) is 0 Å². The zero-order valence-corrected chi connectivity index (χ0v) is 10.8. The predicted molar refractivity (Wildman–Crippen MR) is 66.9 cm³/mol. The Morgan fingerprint density at radius 1 is 1.31 bits per heavy atom. The van der Waals surface area contributed by atoms with Crippen LogP contribution in [-0.2, 0) is 4.74 Å². The second-order valence-electron chi connectivity index (χ2n) is 3.79. The van der Waals surface area contributed by atoms with Crippen LogP contribution in [0.3, 0.4) is 0 Å². The van der Waals surface area contributed by atoms with Crippen molar-refractivity contribution < 1.29 is 4.74 Å². The fourth-order valence-corrected chi connectivity index (χ4v) is 2.56. The number of ether oxygens (including phenoxy) is 1. The van der Waals surface area contributed by atoms with Gasteiger partial charge in [0.2, 0.25) is 0 Å². The van der Waals surface area contributed by atoms with Crippen LogP contribution in [0.1, 0.15) is 25.5 Å². The van der Waals surface area contributed by atoms with Gasteiger partial charge in [0.1, 0.15) is 5.52 Å². The molecule has 0 bridgehead atoms. The minimum atomic E-state index is 0.0245. The molecular formula is C10H11IN4O. The first kappa shape index (κ1) is 10.4. The molecule has 1 aliphatic heterocycles. The summed E-state index contributed by atoms with van der Waals surface area (Å²) in [6.45, 7) is 0.808. The molecule has 0 radical (unpaired) electrons. The van der Waals surface area contributed by atoms with Crippen molar-refractivity contribution in [3.05, 3.63) is 16.1 Å². The number of halogens is 1. The van der Waals surface area contributed by atoms with E-state index in [4.69, 9.17) is 4.74 Å².